The van der Waals surface area contributed by atoms with E-state index in [0.29, 0.717) is 24.5 Å². The van der Waals surface area contributed by atoms with E-state index in [0.717, 1.165) is 4.90 Å². The third-order valence-corrected chi connectivity index (χ3v) is 8.54. The molecule has 6 atom stereocenters. The van der Waals surface area contributed by atoms with E-state index < -0.39 is 47.8 Å². The number of carboxylic acids is 1. The summed E-state index contributed by atoms with van der Waals surface area (Å²) in [7, 11) is 0. The van der Waals surface area contributed by atoms with E-state index in [2.05, 4.69) is 5.32 Å². The molecule has 5 amide bonds. The molecule has 0 aliphatic carbocycles. The second kappa shape index (κ2) is 11.4. The number of hydrogen-bond donors (Lipinski definition) is 2. The normalized spacial score (nSPS) is 30.7. The van der Waals surface area contributed by atoms with Crippen LogP contribution in [0, 0.1) is 11.8 Å². The fourth-order valence-corrected chi connectivity index (χ4v) is 6.68. The molecule has 0 radical (unpaired) electrons. The number of thioether (sulfide) groups is 1. The zero-order valence-electron chi connectivity index (χ0n) is 20.8. The number of aliphatic hydroxyl groups excluding tert-OH is 1. The van der Waals surface area contributed by atoms with E-state index in [-0.39, 0.29) is 72.2 Å². The van der Waals surface area contributed by atoms with Gasteiger partial charge in [-0.05, 0) is 20.3 Å². The number of hydrogen-bond acceptors (Lipinski definition) is 9. The fourth-order valence-electron chi connectivity index (χ4n) is 5.21. The number of fused-ring (bicyclic) bond motifs is 1. The Kier molecular flexibility index (Phi) is 9.16. The van der Waals surface area contributed by atoms with Crippen LogP contribution in [-0.2, 0) is 23.9 Å². The summed E-state index contributed by atoms with van der Waals surface area (Å²) in [6.45, 7) is 6.37. The number of carbonyl (C=O) groups is 5. The van der Waals surface area contributed by atoms with Crippen LogP contribution in [0.2, 0.25) is 0 Å². The molecule has 4 heterocycles. The Balaban J connectivity index is 0.00000361. The van der Waals surface area contributed by atoms with Crippen LogP contribution in [0.4, 0.5) is 4.79 Å². The molecule has 12 nitrogen and oxygen atoms in total. The largest absolute Gasteiger partial charge is 1.00 e. The number of piperazine rings is 1. The number of β-lactam (4-membered cyclic amide) rings is 1. The number of likely N-dealkylation sites (N-methyl/N-ethyl adjacent to an activating group) is 1. The van der Waals surface area contributed by atoms with Crippen molar-refractivity contribution in [1.29, 1.82) is 0 Å². The minimum atomic E-state index is -1.43. The van der Waals surface area contributed by atoms with Gasteiger partial charge in [0.05, 0.1) is 42.4 Å². The van der Waals surface area contributed by atoms with Gasteiger partial charge in [0.25, 0.3) is 0 Å². The van der Waals surface area contributed by atoms with Gasteiger partial charge in [0.1, 0.15) is 0 Å². The van der Waals surface area contributed by atoms with Gasteiger partial charge < -0.3 is 34.9 Å². The Hall–Kier alpha value is -1.64. The summed E-state index contributed by atoms with van der Waals surface area (Å²) < 4.78 is 5.76. The van der Waals surface area contributed by atoms with Gasteiger partial charge in [-0.3, -0.25) is 19.3 Å². The van der Waals surface area contributed by atoms with Gasteiger partial charge in [0.2, 0.25) is 5.91 Å². The van der Waals surface area contributed by atoms with Gasteiger partial charge in [0, 0.05) is 42.3 Å². The predicted octanol–water partition coefficient (Wildman–Crippen LogP) is -4.90. The van der Waals surface area contributed by atoms with E-state index in [1.54, 1.807) is 6.92 Å². The Bertz CT molecular complexity index is 991. The average Bonchev–Trinajstić information content (AvgIpc) is 3.35. The second-order valence-electron chi connectivity index (χ2n) is 9.21. The van der Waals surface area contributed by atoms with Crippen LogP contribution in [0.3, 0.4) is 0 Å². The van der Waals surface area contributed by atoms with Crippen LogP contribution in [0.5, 0.6) is 0 Å². The molecule has 4 aliphatic rings. The zero-order valence-corrected chi connectivity index (χ0v) is 23.6. The van der Waals surface area contributed by atoms with Gasteiger partial charge in [-0.15, -0.1) is 11.8 Å². The van der Waals surface area contributed by atoms with Crippen LogP contribution in [-0.4, -0.2) is 106 Å². The molecule has 14 heteroatoms. The number of ether oxygens (including phenoxy) is 1. The number of urea groups is 1. The third-order valence-electron chi connectivity index (χ3n) is 7.06. The molecule has 2 N–H and O–H groups in total. The summed E-state index contributed by atoms with van der Waals surface area (Å²) >= 11 is 1.32. The zero-order chi connectivity index (χ0) is 25.6. The van der Waals surface area contributed by atoms with Crippen molar-refractivity contribution in [2.45, 2.75) is 50.7 Å². The number of nitrogens with zero attached hydrogens (tertiary/aromatic N) is 3. The molecule has 4 rings (SSSR count). The van der Waals surface area contributed by atoms with Gasteiger partial charge >= 0.3 is 47.4 Å². The van der Waals surface area contributed by atoms with Crippen molar-refractivity contribution in [2.75, 3.05) is 32.8 Å². The smallest absolute Gasteiger partial charge is 0.543 e. The monoisotopic (exact) mass is 532 g/mol. The summed E-state index contributed by atoms with van der Waals surface area (Å²) in [6.07, 6.45) is -0.726. The average molecular weight is 533 g/mol. The van der Waals surface area contributed by atoms with Gasteiger partial charge in [-0.25, -0.2) is 4.79 Å². The van der Waals surface area contributed by atoms with Crippen LogP contribution >= 0.6 is 11.8 Å². The molecule has 0 aromatic heterocycles. The molecule has 4 aliphatic heterocycles. The molecule has 0 spiro atoms. The topological polar surface area (TPSA) is 160 Å². The fraction of sp³-hybridized carbons (Fsp3) is 0.682. The standard InChI is InChI=1S/C22H30N4O8S.Na/c1-4-24-5-6-25(20(30)19(24)29)22(33)23-8-12-7-13(9-34-12)35-17-10(2)15-14(11(3)27)18(28)26(15)16(17)21(31)32;/h10-15,27H,4-9H2,1-3H3,(H,23,33)(H,31,32);/q;+1/p-1/t10-,11-,12?,13?,14-,15-;/m1./s1. The number of carbonyl (C=O) groups excluding carboxylic acids is 5. The Labute approximate surface area is 235 Å². The van der Waals surface area contributed by atoms with Crippen molar-refractivity contribution < 1.29 is 68.5 Å². The van der Waals surface area contributed by atoms with Crippen LogP contribution in [0.25, 0.3) is 0 Å². The number of imide groups is 1. The van der Waals surface area contributed by atoms with E-state index in [1.807, 2.05) is 6.92 Å². The molecule has 36 heavy (non-hydrogen) atoms. The maximum absolute atomic E-state index is 12.5. The van der Waals surface area contributed by atoms with Gasteiger partial charge in [-0.2, -0.15) is 0 Å². The molecule has 192 valence electrons. The Morgan fingerprint density at radius 1 is 1.25 bits per heavy atom. The molecular formula is C22H29N4NaO8S. The minimum Gasteiger partial charge on any atom is -0.543 e. The first kappa shape index (κ1) is 28.9. The van der Waals surface area contributed by atoms with E-state index in [1.165, 1.54) is 28.5 Å². The summed E-state index contributed by atoms with van der Waals surface area (Å²) in [6, 6.07) is -1.07. The Morgan fingerprint density at radius 2 is 1.94 bits per heavy atom. The molecule has 0 aromatic carbocycles. The van der Waals surface area contributed by atoms with Crippen molar-refractivity contribution in [1.82, 2.24) is 20.0 Å². The number of carboxylic acid groups (broad SMARTS) is 1. The van der Waals surface area contributed by atoms with Crippen molar-refractivity contribution in [3.8, 4) is 0 Å². The molecule has 2 unspecified atom stereocenters. The summed E-state index contributed by atoms with van der Waals surface area (Å²) in [5.74, 6) is -4.32. The van der Waals surface area contributed by atoms with E-state index >= 15 is 0 Å². The molecule has 0 bridgehead atoms. The number of aliphatic hydroxyl groups is 1. The minimum absolute atomic E-state index is 0. The van der Waals surface area contributed by atoms with E-state index in [9.17, 15) is 34.2 Å². The van der Waals surface area contributed by atoms with Crippen molar-refractivity contribution in [3.63, 3.8) is 0 Å². The molecule has 0 aromatic rings. The van der Waals surface area contributed by atoms with Crippen LogP contribution in [0.15, 0.2) is 10.6 Å². The molecular weight excluding hydrogens is 503 g/mol. The quantitative estimate of drug-likeness (QED) is 0.186. The van der Waals surface area contributed by atoms with Crippen molar-refractivity contribution >= 4 is 41.5 Å². The van der Waals surface area contributed by atoms with Crippen LogP contribution < -0.4 is 40.0 Å². The van der Waals surface area contributed by atoms with Gasteiger partial charge in [-0.1, -0.05) is 6.92 Å². The maximum Gasteiger partial charge on any atom is 1.00 e. The number of nitrogens with one attached hydrogen (secondary N) is 1. The van der Waals surface area contributed by atoms with Gasteiger partial charge in [0.15, 0.2) is 0 Å². The van der Waals surface area contributed by atoms with Crippen molar-refractivity contribution in [3.05, 3.63) is 10.6 Å². The first-order valence-electron chi connectivity index (χ1n) is 11.7. The van der Waals surface area contributed by atoms with E-state index in [4.69, 9.17) is 4.74 Å². The summed E-state index contributed by atoms with van der Waals surface area (Å²) in [5.41, 5.74) is -0.138. The maximum atomic E-state index is 12.5. The number of amides is 5. The molecule has 3 saturated heterocycles. The molecule has 3 fully saturated rings. The number of rotatable bonds is 7. The number of aliphatic carboxylic acids is 1. The predicted molar refractivity (Wildman–Crippen MR) is 120 cm³/mol. The Morgan fingerprint density at radius 3 is 2.56 bits per heavy atom. The van der Waals surface area contributed by atoms with Crippen LogP contribution in [0.1, 0.15) is 27.2 Å². The second-order valence-corrected chi connectivity index (χ2v) is 10.6. The first-order valence-corrected chi connectivity index (χ1v) is 12.6. The third kappa shape index (κ3) is 5.05. The summed E-state index contributed by atoms with van der Waals surface area (Å²) in [4.78, 5) is 65.0. The van der Waals surface area contributed by atoms with Crippen molar-refractivity contribution in [2.24, 2.45) is 11.8 Å². The SMILES string of the molecule is CCN1CCN(C(=O)NCC2CC(SC3=C(C(=O)[O-])N4C(=O)[C@H]([C@@H](C)O)[C@H]4[C@H]3C)CO2)C(=O)C1=O.[Na+]. The molecule has 0 saturated carbocycles. The summed E-state index contributed by atoms with van der Waals surface area (Å²) in [5, 5.41) is 24.3. The first-order chi connectivity index (χ1) is 16.6.